The van der Waals surface area contributed by atoms with Crippen LogP contribution < -0.4 is 5.32 Å². The van der Waals surface area contributed by atoms with Crippen molar-refractivity contribution in [2.75, 3.05) is 5.32 Å². The highest BCUT2D eigenvalue weighted by molar-refractivity contribution is 6.01. The van der Waals surface area contributed by atoms with Gasteiger partial charge in [0.2, 0.25) is 5.91 Å². The fraction of sp³-hybridized carbons (Fsp3) is 0.304. The van der Waals surface area contributed by atoms with Crippen molar-refractivity contribution in [2.24, 2.45) is 17.8 Å². The highest BCUT2D eigenvalue weighted by Gasteiger charge is 2.51. The first-order valence-electron chi connectivity index (χ1n) is 9.51. The van der Waals surface area contributed by atoms with Crippen LogP contribution in [0.1, 0.15) is 30.7 Å². The van der Waals surface area contributed by atoms with E-state index in [4.69, 9.17) is 0 Å². The minimum atomic E-state index is 0.0649. The number of amides is 1. The van der Waals surface area contributed by atoms with Crippen LogP contribution >= 0.6 is 0 Å². The Bertz CT molecular complexity index is 947. The fourth-order valence-corrected chi connectivity index (χ4v) is 5.24. The first kappa shape index (κ1) is 15.6. The van der Waals surface area contributed by atoms with Gasteiger partial charge in [-0.25, -0.2) is 0 Å². The third-order valence-corrected chi connectivity index (χ3v) is 6.29. The van der Waals surface area contributed by atoms with Crippen molar-refractivity contribution in [3.8, 4) is 0 Å². The van der Waals surface area contributed by atoms with E-state index in [-0.39, 0.29) is 11.8 Å². The van der Waals surface area contributed by atoms with E-state index in [0.29, 0.717) is 17.8 Å². The van der Waals surface area contributed by atoms with Crippen molar-refractivity contribution in [3.05, 3.63) is 72.4 Å². The lowest BCUT2D eigenvalue weighted by molar-refractivity contribution is -0.121. The molecule has 5 rings (SSSR count). The van der Waals surface area contributed by atoms with Gasteiger partial charge in [-0.15, -0.1) is 0 Å². The van der Waals surface area contributed by atoms with Gasteiger partial charge in [-0.1, -0.05) is 48.5 Å². The van der Waals surface area contributed by atoms with E-state index >= 15 is 0 Å². The minimum absolute atomic E-state index is 0.0649. The van der Waals surface area contributed by atoms with Crippen molar-refractivity contribution in [1.29, 1.82) is 0 Å². The molecule has 2 saturated carbocycles. The van der Waals surface area contributed by atoms with E-state index in [0.717, 1.165) is 16.6 Å². The quantitative estimate of drug-likeness (QED) is 0.727. The first-order valence-corrected chi connectivity index (χ1v) is 9.51. The van der Waals surface area contributed by atoms with Crippen LogP contribution in [0.25, 0.3) is 10.9 Å². The molecule has 26 heavy (non-hydrogen) atoms. The van der Waals surface area contributed by atoms with E-state index in [1.807, 2.05) is 36.4 Å². The zero-order chi connectivity index (χ0) is 17.5. The Kier molecular flexibility index (Phi) is 3.74. The number of carbonyl (C=O) groups excluding carboxylic acids is 1. The fourth-order valence-electron chi connectivity index (χ4n) is 5.24. The molecule has 1 N–H and O–H groups in total. The van der Waals surface area contributed by atoms with E-state index < -0.39 is 0 Å². The highest BCUT2D eigenvalue weighted by Crippen LogP contribution is 2.56. The van der Waals surface area contributed by atoms with Gasteiger partial charge in [-0.05, 0) is 54.7 Å². The number of aromatic nitrogens is 1. The monoisotopic (exact) mass is 342 g/mol. The van der Waals surface area contributed by atoms with Crippen LogP contribution in [0.4, 0.5) is 5.69 Å². The summed E-state index contributed by atoms with van der Waals surface area (Å²) in [6.07, 6.45) is 5.40. The van der Waals surface area contributed by atoms with Crippen LogP contribution in [0.5, 0.6) is 0 Å². The van der Waals surface area contributed by atoms with Crippen LogP contribution in [0.2, 0.25) is 0 Å². The number of rotatable bonds is 3. The molecular formula is C23H22N2O. The third-order valence-electron chi connectivity index (χ3n) is 6.29. The average Bonchev–Trinajstić information content (AvgIpc) is 3.30. The predicted molar refractivity (Wildman–Crippen MR) is 104 cm³/mol. The van der Waals surface area contributed by atoms with Crippen molar-refractivity contribution in [2.45, 2.75) is 25.2 Å². The molecule has 2 fully saturated rings. The smallest absolute Gasteiger partial charge is 0.228 e. The zero-order valence-electron chi connectivity index (χ0n) is 14.6. The second-order valence-corrected chi connectivity index (χ2v) is 7.67. The molecular weight excluding hydrogens is 320 g/mol. The molecule has 3 aromatic rings. The summed E-state index contributed by atoms with van der Waals surface area (Å²) in [5.74, 6) is 1.72. The summed E-state index contributed by atoms with van der Waals surface area (Å²) in [4.78, 5) is 17.8. The summed E-state index contributed by atoms with van der Waals surface area (Å²) < 4.78 is 0. The molecule has 2 aliphatic rings. The molecule has 2 aliphatic carbocycles. The van der Waals surface area contributed by atoms with Gasteiger partial charge in [0.25, 0.3) is 0 Å². The molecule has 4 atom stereocenters. The highest BCUT2D eigenvalue weighted by atomic mass is 16.1. The standard InChI is InChI=1S/C23H22N2O/c26-23(25-19-10-4-8-16-9-5-13-24-22(16)19)21-18-12-11-17(14-18)20(21)15-6-2-1-3-7-15/h1-10,13,17-18,20-21H,11-12,14H2,(H,25,26)/t17-,18+,20-,21+/m1/s1. The molecule has 2 bridgehead atoms. The lowest BCUT2D eigenvalue weighted by Gasteiger charge is -2.30. The summed E-state index contributed by atoms with van der Waals surface area (Å²) in [5.41, 5.74) is 3.00. The van der Waals surface area contributed by atoms with Crippen LogP contribution in [-0.4, -0.2) is 10.9 Å². The Morgan fingerprint density at radius 3 is 2.62 bits per heavy atom. The SMILES string of the molecule is O=C(Nc1cccc2cccnc12)[C@H]1[C@H]2CC[C@H](C2)[C@H]1c1ccccc1. The molecule has 0 spiro atoms. The van der Waals surface area contributed by atoms with Gasteiger partial charge < -0.3 is 5.32 Å². The lowest BCUT2D eigenvalue weighted by Crippen LogP contribution is -2.32. The number of hydrogen-bond acceptors (Lipinski definition) is 2. The van der Waals surface area contributed by atoms with E-state index in [2.05, 4.69) is 34.6 Å². The molecule has 0 aliphatic heterocycles. The maximum atomic E-state index is 13.3. The maximum absolute atomic E-state index is 13.3. The van der Waals surface area contributed by atoms with E-state index in [9.17, 15) is 4.79 Å². The van der Waals surface area contributed by atoms with Crippen LogP contribution in [0.3, 0.4) is 0 Å². The molecule has 2 aromatic carbocycles. The molecule has 0 saturated heterocycles. The summed E-state index contributed by atoms with van der Waals surface area (Å²) in [7, 11) is 0. The molecule has 0 radical (unpaired) electrons. The van der Waals surface area contributed by atoms with Crippen LogP contribution in [0.15, 0.2) is 66.9 Å². The maximum Gasteiger partial charge on any atom is 0.228 e. The van der Waals surface area contributed by atoms with Gasteiger partial charge in [-0.3, -0.25) is 9.78 Å². The van der Waals surface area contributed by atoms with Crippen molar-refractivity contribution in [1.82, 2.24) is 4.98 Å². The molecule has 0 unspecified atom stereocenters. The second kappa shape index (κ2) is 6.24. The summed E-state index contributed by atoms with van der Waals surface area (Å²) >= 11 is 0. The van der Waals surface area contributed by atoms with Gasteiger partial charge in [0.15, 0.2) is 0 Å². The number of benzene rings is 2. The predicted octanol–water partition coefficient (Wildman–Crippen LogP) is 5.00. The van der Waals surface area contributed by atoms with Crippen molar-refractivity contribution < 1.29 is 4.79 Å². The number of fused-ring (bicyclic) bond motifs is 3. The molecule has 1 aromatic heterocycles. The topological polar surface area (TPSA) is 42.0 Å². The lowest BCUT2D eigenvalue weighted by atomic mass is 9.75. The number of pyridine rings is 1. The second-order valence-electron chi connectivity index (χ2n) is 7.67. The minimum Gasteiger partial charge on any atom is -0.324 e. The third kappa shape index (κ3) is 2.50. The van der Waals surface area contributed by atoms with Gasteiger partial charge in [0, 0.05) is 17.5 Å². The Hall–Kier alpha value is -2.68. The Morgan fingerprint density at radius 1 is 0.923 bits per heavy atom. The zero-order valence-corrected chi connectivity index (χ0v) is 14.6. The first-order chi connectivity index (χ1) is 12.8. The van der Waals surface area contributed by atoms with Gasteiger partial charge >= 0.3 is 0 Å². The molecule has 3 nitrogen and oxygen atoms in total. The summed E-state index contributed by atoms with van der Waals surface area (Å²) in [5, 5.41) is 4.26. The Labute approximate surface area is 153 Å². The normalized spacial score (nSPS) is 26.9. The van der Waals surface area contributed by atoms with Crippen LogP contribution in [0, 0.1) is 17.8 Å². The number of para-hydroxylation sites is 1. The number of carbonyl (C=O) groups is 1. The van der Waals surface area contributed by atoms with Gasteiger partial charge in [0.1, 0.15) is 0 Å². The van der Waals surface area contributed by atoms with Crippen molar-refractivity contribution >= 4 is 22.5 Å². The van der Waals surface area contributed by atoms with Gasteiger partial charge in [0.05, 0.1) is 11.2 Å². The molecule has 1 heterocycles. The van der Waals surface area contributed by atoms with Gasteiger partial charge in [-0.2, -0.15) is 0 Å². The van der Waals surface area contributed by atoms with Crippen LogP contribution in [-0.2, 0) is 4.79 Å². The number of nitrogens with one attached hydrogen (secondary N) is 1. The number of hydrogen-bond donors (Lipinski definition) is 1. The summed E-state index contributed by atoms with van der Waals surface area (Å²) in [6, 6.07) is 20.5. The Morgan fingerprint density at radius 2 is 1.73 bits per heavy atom. The number of nitrogens with zero attached hydrogens (tertiary/aromatic N) is 1. The average molecular weight is 342 g/mol. The molecule has 3 heteroatoms. The summed E-state index contributed by atoms with van der Waals surface area (Å²) in [6.45, 7) is 0. The Balaban J connectivity index is 1.47. The molecule has 1 amide bonds. The van der Waals surface area contributed by atoms with Crippen molar-refractivity contribution in [3.63, 3.8) is 0 Å². The van der Waals surface area contributed by atoms with E-state index in [1.54, 1.807) is 6.20 Å². The largest absolute Gasteiger partial charge is 0.324 e. The number of anilines is 1. The van der Waals surface area contributed by atoms with E-state index in [1.165, 1.54) is 24.8 Å². The molecule has 130 valence electrons.